The maximum atomic E-state index is 12.8. The number of carbonyl (C=O) groups excluding carboxylic acids is 1. The summed E-state index contributed by atoms with van der Waals surface area (Å²) in [5.41, 5.74) is 0.982. The number of benzene rings is 2. The van der Waals surface area contributed by atoms with E-state index in [9.17, 15) is 19.7 Å². The Morgan fingerprint density at radius 1 is 1.10 bits per heavy atom. The van der Waals surface area contributed by atoms with Gasteiger partial charge in [0.05, 0.1) is 4.92 Å². The number of carboxylic acids is 1. The average molecular weight is 432 g/mol. The second-order valence-corrected chi connectivity index (χ2v) is 7.52. The number of halogens is 1. The van der Waals surface area contributed by atoms with Gasteiger partial charge in [-0.25, -0.2) is 0 Å². The van der Waals surface area contributed by atoms with Gasteiger partial charge in [-0.05, 0) is 24.1 Å². The summed E-state index contributed by atoms with van der Waals surface area (Å²) in [4.78, 5) is 38.2. The molecule has 1 amide bonds. The molecule has 30 heavy (non-hydrogen) atoms. The smallest absolute Gasteiger partial charge is 0.303 e. The molecule has 2 aromatic rings. The van der Waals surface area contributed by atoms with Gasteiger partial charge in [0.25, 0.3) is 11.6 Å². The number of carboxylic acid groups (broad SMARTS) is 1. The molecule has 1 aliphatic heterocycles. The van der Waals surface area contributed by atoms with E-state index in [1.807, 2.05) is 30.3 Å². The highest BCUT2D eigenvalue weighted by Crippen LogP contribution is 2.28. The van der Waals surface area contributed by atoms with Crippen LogP contribution in [0.25, 0.3) is 0 Å². The van der Waals surface area contributed by atoms with Crippen molar-refractivity contribution in [2.75, 3.05) is 26.2 Å². The average Bonchev–Trinajstić information content (AvgIpc) is 2.74. The first-order valence-corrected chi connectivity index (χ1v) is 9.98. The van der Waals surface area contributed by atoms with E-state index < -0.39 is 10.9 Å². The fourth-order valence-corrected chi connectivity index (χ4v) is 3.89. The van der Waals surface area contributed by atoms with Gasteiger partial charge in [0.15, 0.2) is 0 Å². The van der Waals surface area contributed by atoms with E-state index in [-0.39, 0.29) is 34.6 Å². The van der Waals surface area contributed by atoms with E-state index in [0.717, 1.165) is 5.56 Å². The van der Waals surface area contributed by atoms with Crippen molar-refractivity contribution < 1.29 is 19.6 Å². The van der Waals surface area contributed by atoms with E-state index >= 15 is 0 Å². The van der Waals surface area contributed by atoms with Crippen molar-refractivity contribution in [1.82, 2.24) is 9.80 Å². The second-order valence-electron chi connectivity index (χ2n) is 7.11. The lowest BCUT2D eigenvalue weighted by Crippen LogP contribution is -2.49. The van der Waals surface area contributed by atoms with Gasteiger partial charge < -0.3 is 10.0 Å². The molecule has 0 aromatic heterocycles. The molecule has 0 radical (unpaired) electrons. The Labute approximate surface area is 178 Å². The summed E-state index contributed by atoms with van der Waals surface area (Å²) in [6.45, 7) is 2.07. The number of piperazine rings is 1. The third kappa shape index (κ3) is 5.14. The topological polar surface area (TPSA) is 104 Å². The fourth-order valence-electron chi connectivity index (χ4n) is 3.70. The quantitative estimate of drug-likeness (QED) is 0.530. The van der Waals surface area contributed by atoms with Crippen LogP contribution in [-0.2, 0) is 4.79 Å². The number of nitrogens with zero attached hydrogens (tertiary/aromatic N) is 3. The van der Waals surface area contributed by atoms with Crippen molar-refractivity contribution in [3.05, 3.63) is 74.8 Å². The third-order valence-electron chi connectivity index (χ3n) is 5.25. The second kappa shape index (κ2) is 9.69. The van der Waals surface area contributed by atoms with Crippen LogP contribution in [0.1, 0.15) is 34.8 Å². The molecular weight excluding hydrogens is 410 g/mol. The van der Waals surface area contributed by atoms with Crippen molar-refractivity contribution in [3.8, 4) is 0 Å². The van der Waals surface area contributed by atoms with E-state index in [2.05, 4.69) is 4.90 Å². The van der Waals surface area contributed by atoms with Crippen molar-refractivity contribution in [1.29, 1.82) is 0 Å². The third-order valence-corrected chi connectivity index (χ3v) is 5.57. The first-order valence-electron chi connectivity index (χ1n) is 9.61. The Morgan fingerprint density at radius 2 is 1.77 bits per heavy atom. The molecule has 158 valence electrons. The number of hydrogen-bond donors (Lipinski definition) is 1. The molecule has 0 aliphatic carbocycles. The lowest BCUT2D eigenvalue weighted by molar-refractivity contribution is -0.384. The first kappa shape index (κ1) is 21.7. The number of aliphatic carboxylic acids is 1. The van der Waals surface area contributed by atoms with Gasteiger partial charge in [0.1, 0.15) is 5.02 Å². The fraction of sp³-hybridized carbons (Fsp3) is 0.333. The van der Waals surface area contributed by atoms with E-state index in [4.69, 9.17) is 16.7 Å². The lowest BCUT2D eigenvalue weighted by Gasteiger charge is -2.39. The number of hydrogen-bond acceptors (Lipinski definition) is 5. The van der Waals surface area contributed by atoms with Crippen LogP contribution in [0.3, 0.4) is 0 Å². The van der Waals surface area contributed by atoms with Crippen LogP contribution in [0.2, 0.25) is 5.02 Å². The van der Waals surface area contributed by atoms with Gasteiger partial charge >= 0.3 is 5.97 Å². The lowest BCUT2D eigenvalue weighted by atomic mass is 9.99. The summed E-state index contributed by atoms with van der Waals surface area (Å²) in [5.74, 6) is -1.12. The van der Waals surface area contributed by atoms with E-state index in [1.54, 1.807) is 4.90 Å². The van der Waals surface area contributed by atoms with E-state index in [0.29, 0.717) is 32.6 Å². The Balaban J connectivity index is 1.69. The minimum atomic E-state index is -0.839. The van der Waals surface area contributed by atoms with Gasteiger partial charge in [0, 0.05) is 50.3 Å². The summed E-state index contributed by atoms with van der Waals surface area (Å²) < 4.78 is 0. The van der Waals surface area contributed by atoms with Gasteiger partial charge in [-0.3, -0.25) is 24.6 Å². The van der Waals surface area contributed by atoms with Crippen LogP contribution < -0.4 is 0 Å². The monoisotopic (exact) mass is 431 g/mol. The van der Waals surface area contributed by atoms with Crippen molar-refractivity contribution in [2.45, 2.75) is 18.9 Å². The number of amides is 1. The maximum Gasteiger partial charge on any atom is 0.303 e. The van der Waals surface area contributed by atoms with Crippen LogP contribution >= 0.6 is 11.6 Å². The Bertz CT molecular complexity index is 929. The Hall–Kier alpha value is -2.97. The molecule has 1 fully saturated rings. The number of nitro benzene ring substituents is 1. The number of rotatable bonds is 7. The molecule has 1 saturated heterocycles. The van der Waals surface area contributed by atoms with Crippen molar-refractivity contribution >= 4 is 29.2 Å². The SMILES string of the molecule is O=C(O)CC[C@@H](c1ccccc1)N1CCN(C(=O)c2ccc(Cl)c([N+](=O)[O-])c2)CC1. The Morgan fingerprint density at radius 3 is 2.37 bits per heavy atom. The Kier molecular flexibility index (Phi) is 7.02. The molecule has 9 heteroatoms. The normalized spacial score (nSPS) is 15.6. The highest BCUT2D eigenvalue weighted by molar-refractivity contribution is 6.32. The summed E-state index contributed by atoms with van der Waals surface area (Å²) in [6, 6.07) is 13.7. The van der Waals surface area contributed by atoms with Crippen LogP contribution in [-0.4, -0.2) is 57.9 Å². The molecule has 1 heterocycles. The molecule has 8 nitrogen and oxygen atoms in total. The first-order chi connectivity index (χ1) is 14.4. The predicted octanol–water partition coefficient (Wildman–Crippen LogP) is 3.61. The zero-order valence-electron chi connectivity index (χ0n) is 16.2. The maximum absolute atomic E-state index is 12.8. The molecule has 2 aromatic carbocycles. The molecule has 0 unspecified atom stereocenters. The number of carbonyl (C=O) groups is 2. The van der Waals surface area contributed by atoms with Crippen LogP contribution in [0.4, 0.5) is 5.69 Å². The van der Waals surface area contributed by atoms with E-state index in [1.165, 1.54) is 18.2 Å². The molecule has 0 saturated carbocycles. The molecule has 1 aliphatic rings. The summed E-state index contributed by atoms with van der Waals surface area (Å²) in [7, 11) is 0. The zero-order chi connectivity index (χ0) is 21.7. The molecule has 0 spiro atoms. The highest BCUT2D eigenvalue weighted by Gasteiger charge is 2.28. The molecular formula is C21H22ClN3O5. The molecule has 1 atom stereocenters. The zero-order valence-corrected chi connectivity index (χ0v) is 17.0. The summed E-state index contributed by atoms with van der Waals surface area (Å²) >= 11 is 5.83. The van der Waals surface area contributed by atoms with Gasteiger partial charge in [-0.2, -0.15) is 0 Å². The molecule has 3 rings (SSSR count). The van der Waals surface area contributed by atoms with Crippen LogP contribution in [0, 0.1) is 10.1 Å². The predicted molar refractivity (Wildman–Crippen MR) is 112 cm³/mol. The molecule has 1 N–H and O–H groups in total. The van der Waals surface area contributed by atoms with Crippen molar-refractivity contribution in [2.24, 2.45) is 0 Å². The minimum absolute atomic E-state index is 0.00879. The summed E-state index contributed by atoms with van der Waals surface area (Å²) in [6.07, 6.45) is 0.545. The van der Waals surface area contributed by atoms with Gasteiger partial charge in [0.2, 0.25) is 0 Å². The highest BCUT2D eigenvalue weighted by atomic mass is 35.5. The number of nitro groups is 1. The van der Waals surface area contributed by atoms with Crippen molar-refractivity contribution in [3.63, 3.8) is 0 Å². The molecule has 0 bridgehead atoms. The largest absolute Gasteiger partial charge is 0.481 e. The minimum Gasteiger partial charge on any atom is -0.481 e. The summed E-state index contributed by atoms with van der Waals surface area (Å²) in [5, 5.41) is 20.2. The van der Waals surface area contributed by atoms with Crippen LogP contribution in [0.15, 0.2) is 48.5 Å². The standard InChI is InChI=1S/C21H22ClN3O5/c22-17-7-6-16(14-19(17)25(29)30)21(28)24-12-10-23(11-13-24)18(8-9-20(26)27)15-4-2-1-3-5-15/h1-7,14,18H,8-13H2,(H,26,27)/t18-/m0/s1. The van der Waals surface area contributed by atoms with Gasteiger partial charge in [-0.1, -0.05) is 41.9 Å². The van der Waals surface area contributed by atoms with Gasteiger partial charge in [-0.15, -0.1) is 0 Å². The van der Waals surface area contributed by atoms with Crippen LogP contribution in [0.5, 0.6) is 0 Å².